The van der Waals surface area contributed by atoms with Gasteiger partial charge in [0, 0.05) is 6.07 Å². The number of furan rings is 1. The molecule has 1 heterocycles. The Morgan fingerprint density at radius 2 is 2.32 bits per heavy atom. The van der Waals surface area contributed by atoms with E-state index < -0.39 is 12.0 Å². The van der Waals surface area contributed by atoms with Crippen molar-refractivity contribution in [1.82, 2.24) is 0 Å². The lowest BCUT2D eigenvalue weighted by atomic mass is 10.1. The number of nitrogens with two attached hydrogens (primary N) is 2. The van der Waals surface area contributed by atoms with Gasteiger partial charge in [-0.05, 0) is 24.6 Å². The van der Waals surface area contributed by atoms with E-state index in [4.69, 9.17) is 20.6 Å². The lowest BCUT2D eigenvalue weighted by molar-refractivity contribution is -0.137. The van der Waals surface area contributed by atoms with Crippen LogP contribution in [0.4, 0.5) is 5.69 Å². The molecule has 1 aromatic rings. The minimum Gasteiger partial charge on any atom is -0.432 e. The Morgan fingerprint density at radius 1 is 1.53 bits per heavy atom. The van der Waals surface area contributed by atoms with Gasteiger partial charge in [-0.1, -0.05) is 6.42 Å². The van der Waals surface area contributed by atoms with Crippen LogP contribution < -0.4 is 21.5 Å². The van der Waals surface area contributed by atoms with E-state index in [1.165, 1.54) is 12.3 Å². The monoisotopic (exact) mass is 270 g/mol. The van der Waals surface area contributed by atoms with E-state index >= 15 is 0 Å². The molecule has 0 aliphatic carbocycles. The quantitative estimate of drug-likeness (QED) is 0.343. The maximum atomic E-state index is 11.7. The van der Waals surface area contributed by atoms with Crippen LogP contribution in [0.5, 0.6) is 5.95 Å². The zero-order valence-electron chi connectivity index (χ0n) is 10.5. The van der Waals surface area contributed by atoms with Crippen LogP contribution in [0.15, 0.2) is 21.9 Å². The number of ether oxygens (including phenoxy) is 1. The predicted molar refractivity (Wildman–Crippen MR) is 69.5 cm³/mol. The van der Waals surface area contributed by atoms with Gasteiger partial charge >= 0.3 is 11.9 Å². The highest BCUT2D eigenvalue weighted by Gasteiger charge is 2.19. The number of carbonyl (C=O) groups is 1. The summed E-state index contributed by atoms with van der Waals surface area (Å²) < 4.78 is 9.99. The van der Waals surface area contributed by atoms with E-state index in [1.54, 1.807) is 0 Å². The van der Waals surface area contributed by atoms with Crippen molar-refractivity contribution in [2.24, 2.45) is 16.6 Å². The normalized spacial score (nSPS) is 11.9. The summed E-state index contributed by atoms with van der Waals surface area (Å²) >= 11 is 0. The molecular formula is C11H18N4O4. The van der Waals surface area contributed by atoms with Crippen molar-refractivity contribution < 1.29 is 13.9 Å². The third kappa shape index (κ3) is 5.06. The highest BCUT2D eigenvalue weighted by atomic mass is 16.6. The van der Waals surface area contributed by atoms with Gasteiger partial charge in [-0.25, -0.2) is 4.79 Å². The molecule has 0 aliphatic heterocycles. The molecule has 0 amide bonds. The van der Waals surface area contributed by atoms with Gasteiger partial charge in [0.2, 0.25) is 0 Å². The summed E-state index contributed by atoms with van der Waals surface area (Å²) in [6.45, 7) is 0.416. The smallest absolute Gasteiger partial charge is 0.330 e. The van der Waals surface area contributed by atoms with E-state index in [9.17, 15) is 9.70 Å². The maximum Gasteiger partial charge on any atom is 0.330 e. The van der Waals surface area contributed by atoms with Crippen molar-refractivity contribution in [2.75, 3.05) is 18.5 Å². The first-order valence-electron chi connectivity index (χ1n) is 5.97. The lowest BCUT2D eigenvalue weighted by Gasteiger charge is -2.10. The third-order valence-electron chi connectivity index (χ3n) is 2.43. The van der Waals surface area contributed by atoms with E-state index in [0.717, 1.165) is 12.8 Å². The van der Waals surface area contributed by atoms with Gasteiger partial charge in [-0.3, -0.25) is 0 Å². The highest BCUT2D eigenvalue weighted by molar-refractivity contribution is 5.78. The number of rotatable bonds is 9. The predicted octanol–water partition coefficient (Wildman–Crippen LogP) is 0.777. The van der Waals surface area contributed by atoms with Crippen LogP contribution in [0, 0.1) is 4.91 Å². The maximum absolute atomic E-state index is 11.7. The molecule has 0 unspecified atom stereocenters. The van der Waals surface area contributed by atoms with E-state index in [1.807, 2.05) is 0 Å². The fraction of sp³-hybridized carbons (Fsp3) is 0.545. The van der Waals surface area contributed by atoms with Crippen LogP contribution in [0.1, 0.15) is 19.3 Å². The van der Waals surface area contributed by atoms with Gasteiger partial charge in [0.25, 0.3) is 0 Å². The molecule has 5 N–H and O–H groups in total. The number of nitroso groups, excluding NO2 is 1. The van der Waals surface area contributed by atoms with Crippen molar-refractivity contribution in [3.05, 3.63) is 17.2 Å². The van der Waals surface area contributed by atoms with E-state index in [2.05, 4.69) is 10.5 Å². The number of nitrogens with one attached hydrogen (secondary N) is 1. The second kappa shape index (κ2) is 8.22. The largest absolute Gasteiger partial charge is 0.432 e. The molecular weight excluding hydrogens is 252 g/mol. The summed E-state index contributed by atoms with van der Waals surface area (Å²) in [5.74, 6) is -0.614. The highest BCUT2D eigenvalue weighted by Crippen LogP contribution is 2.25. The number of hydrogen-bond acceptors (Lipinski definition) is 8. The standard InChI is InChI=1S/C11H18N4O4/c12-5-2-1-3-8(13)10(16)19-11-9(4-6-18-11)14-7-15-17/h4,6,8,14H,1-3,5,7,12-13H2/t8-/m0/s1. The average Bonchev–Trinajstić information content (AvgIpc) is 2.83. The molecule has 1 rings (SSSR count). The molecule has 0 aliphatic rings. The number of anilines is 1. The van der Waals surface area contributed by atoms with Crippen molar-refractivity contribution >= 4 is 11.7 Å². The summed E-state index contributed by atoms with van der Waals surface area (Å²) in [5.41, 5.74) is 11.4. The molecule has 0 saturated heterocycles. The van der Waals surface area contributed by atoms with Crippen LogP contribution in [-0.4, -0.2) is 25.2 Å². The van der Waals surface area contributed by atoms with Crippen LogP contribution in [0.2, 0.25) is 0 Å². The molecule has 106 valence electrons. The summed E-state index contributed by atoms with van der Waals surface area (Å²) in [7, 11) is 0. The van der Waals surface area contributed by atoms with Gasteiger partial charge < -0.3 is 25.9 Å². The molecule has 0 radical (unpaired) electrons. The molecule has 0 fully saturated rings. The lowest BCUT2D eigenvalue weighted by Crippen LogP contribution is -2.34. The van der Waals surface area contributed by atoms with Crippen molar-refractivity contribution in [2.45, 2.75) is 25.3 Å². The van der Waals surface area contributed by atoms with Crippen LogP contribution in [0.3, 0.4) is 0 Å². The minimum absolute atomic E-state index is 0.0251. The first-order chi connectivity index (χ1) is 9.19. The van der Waals surface area contributed by atoms with Gasteiger partial charge in [0.1, 0.15) is 11.7 Å². The molecule has 19 heavy (non-hydrogen) atoms. The van der Waals surface area contributed by atoms with Crippen molar-refractivity contribution in [3.63, 3.8) is 0 Å². The first kappa shape index (κ1) is 15.1. The Morgan fingerprint density at radius 3 is 3.00 bits per heavy atom. The number of carbonyl (C=O) groups excluding carboxylic acids is 1. The number of unbranched alkanes of at least 4 members (excludes halogenated alkanes) is 1. The summed E-state index contributed by atoms with van der Waals surface area (Å²) in [6.07, 6.45) is 3.38. The Hall–Kier alpha value is -1.93. The van der Waals surface area contributed by atoms with E-state index in [-0.39, 0.29) is 12.6 Å². The molecule has 0 spiro atoms. The molecule has 1 atom stereocenters. The fourth-order valence-corrected chi connectivity index (χ4v) is 1.42. The summed E-state index contributed by atoms with van der Waals surface area (Å²) in [6, 6.07) is 0.794. The number of nitrogens with zero attached hydrogens (tertiary/aromatic N) is 1. The van der Waals surface area contributed by atoms with Crippen LogP contribution >= 0.6 is 0 Å². The average molecular weight is 270 g/mol. The summed E-state index contributed by atoms with van der Waals surface area (Å²) in [5, 5.41) is 5.27. The Balaban J connectivity index is 2.46. The van der Waals surface area contributed by atoms with E-state index in [0.29, 0.717) is 18.7 Å². The van der Waals surface area contributed by atoms with Crippen molar-refractivity contribution in [1.29, 1.82) is 0 Å². The van der Waals surface area contributed by atoms with Crippen LogP contribution in [-0.2, 0) is 4.79 Å². The van der Waals surface area contributed by atoms with Crippen LogP contribution in [0.25, 0.3) is 0 Å². The molecule has 0 aromatic carbocycles. The van der Waals surface area contributed by atoms with Gasteiger partial charge in [0.15, 0.2) is 6.67 Å². The molecule has 8 heteroatoms. The number of hydrogen-bond donors (Lipinski definition) is 3. The number of esters is 1. The topological polar surface area (TPSA) is 133 Å². The SMILES string of the molecule is NCCCC[C@H](N)C(=O)Oc1occc1NCN=O. The Bertz CT molecular complexity index is 407. The first-order valence-corrected chi connectivity index (χ1v) is 5.97. The minimum atomic E-state index is -0.728. The van der Waals surface area contributed by atoms with Gasteiger partial charge in [0.05, 0.1) is 6.26 Å². The zero-order valence-corrected chi connectivity index (χ0v) is 10.5. The van der Waals surface area contributed by atoms with Crippen molar-refractivity contribution in [3.8, 4) is 5.95 Å². The van der Waals surface area contributed by atoms with Gasteiger partial charge in [-0.15, -0.1) is 4.91 Å². The molecule has 0 bridgehead atoms. The Labute approximate surface area is 110 Å². The zero-order chi connectivity index (χ0) is 14.1. The summed E-state index contributed by atoms with van der Waals surface area (Å²) in [4.78, 5) is 21.7. The molecule has 8 nitrogen and oxygen atoms in total. The van der Waals surface area contributed by atoms with Gasteiger partial charge in [-0.2, -0.15) is 0 Å². The second-order valence-electron chi connectivity index (χ2n) is 3.90. The molecule has 0 saturated carbocycles. The Kier molecular flexibility index (Phi) is 6.55. The second-order valence-corrected chi connectivity index (χ2v) is 3.90. The third-order valence-corrected chi connectivity index (χ3v) is 2.43. The fourth-order valence-electron chi connectivity index (χ4n) is 1.42. The molecule has 1 aromatic heterocycles.